The molecule has 0 spiro atoms. The fourth-order valence-corrected chi connectivity index (χ4v) is 0. The number of hydrogen-bond donors (Lipinski definition) is 1. The summed E-state index contributed by atoms with van der Waals surface area (Å²) >= 11 is 0. The van der Waals surface area contributed by atoms with E-state index in [1.165, 1.54) is 0 Å². The van der Waals surface area contributed by atoms with E-state index in [-0.39, 0.29) is 32.7 Å². The molecule has 0 aromatic heterocycles. The van der Waals surface area contributed by atoms with Crippen LogP contribution in [-0.2, 0) is 32.7 Å². The Hall–Kier alpha value is 0.504. The van der Waals surface area contributed by atoms with Gasteiger partial charge in [-0.25, -0.2) is 4.79 Å². The summed E-state index contributed by atoms with van der Waals surface area (Å²) in [6.07, 6.45) is -2.33. The van der Waals surface area contributed by atoms with Gasteiger partial charge in [-0.2, -0.15) is 0 Å². The molecule has 0 unspecified atom stereocenters. The molecular formula is CHFO2Y. The summed E-state index contributed by atoms with van der Waals surface area (Å²) in [5.41, 5.74) is 0. The minimum Gasteiger partial charge on any atom is -0.456 e. The minimum atomic E-state index is -2.33. The molecule has 0 aliphatic carbocycles. The van der Waals surface area contributed by atoms with Crippen LogP contribution in [0.5, 0.6) is 0 Å². The molecule has 2 nitrogen and oxygen atoms in total. The van der Waals surface area contributed by atoms with Gasteiger partial charge in [-0.05, 0) is 0 Å². The van der Waals surface area contributed by atoms with Crippen molar-refractivity contribution in [2.75, 3.05) is 0 Å². The number of rotatable bonds is 0. The number of hydrogen-bond acceptors (Lipinski definition) is 1. The van der Waals surface area contributed by atoms with Gasteiger partial charge in [0.05, 0.1) is 0 Å². The first-order valence-electron chi connectivity index (χ1n) is 0.617. The number of halogens is 1. The first-order valence-corrected chi connectivity index (χ1v) is 0.617. The molecule has 0 atom stereocenters. The van der Waals surface area contributed by atoms with Crippen LogP contribution in [0.25, 0.3) is 0 Å². The molecule has 4 heteroatoms. The molecule has 0 bridgehead atoms. The molecule has 0 saturated heterocycles. The number of carboxylic acid groups (broad SMARTS) is 1. The molecule has 0 heterocycles. The molecule has 0 aromatic rings. The van der Waals surface area contributed by atoms with Gasteiger partial charge in [-0.3, -0.25) is 0 Å². The molecule has 0 aliphatic heterocycles. The molecule has 0 fully saturated rings. The Morgan fingerprint density at radius 2 is 1.80 bits per heavy atom. The Morgan fingerprint density at radius 3 is 1.80 bits per heavy atom. The standard InChI is InChI=1S/CHFO2.Y/c2-1(3)4;/h(H,3,4);. The molecular weight excluding hydrogens is 152 g/mol. The summed E-state index contributed by atoms with van der Waals surface area (Å²) in [4.78, 5) is 8.33. The summed E-state index contributed by atoms with van der Waals surface area (Å²) < 4.78 is 9.92. The SMILES string of the molecule is O=C(O)F.[Y]. The zero-order valence-corrected chi connectivity index (χ0v) is 5.15. The van der Waals surface area contributed by atoms with Crippen molar-refractivity contribution in [1.82, 2.24) is 0 Å². The molecule has 1 radical (unpaired) electrons. The zero-order chi connectivity index (χ0) is 3.58. The maximum absolute atomic E-state index is 9.92. The maximum atomic E-state index is 9.92. The van der Waals surface area contributed by atoms with E-state index in [2.05, 4.69) is 0 Å². The van der Waals surface area contributed by atoms with Crippen LogP contribution >= 0.6 is 0 Å². The first-order chi connectivity index (χ1) is 1.73. The third-order valence-corrected chi connectivity index (χ3v) is 0. The van der Waals surface area contributed by atoms with E-state index in [1.54, 1.807) is 0 Å². The molecule has 0 saturated carbocycles. The monoisotopic (exact) mass is 153 g/mol. The van der Waals surface area contributed by atoms with Gasteiger partial charge in [0, 0.05) is 32.7 Å². The topological polar surface area (TPSA) is 37.3 Å². The van der Waals surface area contributed by atoms with Gasteiger partial charge >= 0.3 is 6.22 Å². The van der Waals surface area contributed by atoms with Crippen LogP contribution in [0.4, 0.5) is 9.18 Å². The molecule has 27 valence electrons. The Labute approximate surface area is 53.2 Å². The predicted molar refractivity (Wildman–Crippen MR) is 9.13 cm³/mol. The second-order valence-electron chi connectivity index (χ2n) is 0.253. The second-order valence-corrected chi connectivity index (χ2v) is 0.253. The smallest absolute Gasteiger partial charge is 0.456 e. The summed E-state index contributed by atoms with van der Waals surface area (Å²) in [7, 11) is 0. The zero-order valence-electron chi connectivity index (χ0n) is 2.31. The van der Waals surface area contributed by atoms with Crippen LogP contribution in [0, 0.1) is 0 Å². The fourth-order valence-electron chi connectivity index (χ4n) is 0. The van der Waals surface area contributed by atoms with E-state index in [0.717, 1.165) is 0 Å². The van der Waals surface area contributed by atoms with E-state index >= 15 is 0 Å². The van der Waals surface area contributed by atoms with Crippen LogP contribution in [0.2, 0.25) is 0 Å². The van der Waals surface area contributed by atoms with Crippen molar-refractivity contribution in [2.24, 2.45) is 0 Å². The Balaban J connectivity index is 0. The Morgan fingerprint density at radius 1 is 1.80 bits per heavy atom. The maximum Gasteiger partial charge on any atom is 0.492 e. The van der Waals surface area contributed by atoms with Crippen LogP contribution in [0.15, 0.2) is 0 Å². The first kappa shape index (κ1) is 9.09. The van der Waals surface area contributed by atoms with Gasteiger partial charge in [-0.15, -0.1) is 4.39 Å². The molecule has 0 amide bonds. The Bertz CT molecular complexity index is 32.6. The van der Waals surface area contributed by atoms with Crippen LogP contribution in [0.1, 0.15) is 0 Å². The largest absolute Gasteiger partial charge is 0.492 e. The van der Waals surface area contributed by atoms with E-state index in [9.17, 15) is 4.39 Å². The van der Waals surface area contributed by atoms with E-state index in [4.69, 9.17) is 9.90 Å². The van der Waals surface area contributed by atoms with Crippen molar-refractivity contribution >= 4 is 6.22 Å². The summed E-state index contributed by atoms with van der Waals surface area (Å²) in [5, 5.41) is 6.75. The summed E-state index contributed by atoms with van der Waals surface area (Å²) in [6.45, 7) is 0. The molecule has 5 heavy (non-hydrogen) atoms. The van der Waals surface area contributed by atoms with Crippen LogP contribution in [-0.4, -0.2) is 11.3 Å². The van der Waals surface area contributed by atoms with Crippen molar-refractivity contribution in [2.45, 2.75) is 0 Å². The van der Waals surface area contributed by atoms with Crippen molar-refractivity contribution in [3.63, 3.8) is 0 Å². The average Bonchev–Trinajstić information content (AvgIpc) is 0.811. The van der Waals surface area contributed by atoms with Gasteiger partial charge < -0.3 is 5.11 Å². The van der Waals surface area contributed by atoms with E-state index in [0.29, 0.717) is 0 Å². The number of carbonyl (C=O) groups is 1. The van der Waals surface area contributed by atoms with Crippen molar-refractivity contribution < 1.29 is 47.0 Å². The van der Waals surface area contributed by atoms with Crippen molar-refractivity contribution in [3.05, 3.63) is 0 Å². The van der Waals surface area contributed by atoms with Crippen molar-refractivity contribution in [3.8, 4) is 0 Å². The summed E-state index contributed by atoms with van der Waals surface area (Å²) in [5.74, 6) is 0. The molecule has 0 aromatic carbocycles. The van der Waals surface area contributed by atoms with Crippen LogP contribution in [0.3, 0.4) is 0 Å². The third kappa shape index (κ3) is 111. The predicted octanol–water partition coefficient (Wildman–Crippen LogP) is 0.631. The molecule has 0 rings (SSSR count). The fraction of sp³-hybridized carbons (Fsp3) is 0. The van der Waals surface area contributed by atoms with Gasteiger partial charge in [-0.1, -0.05) is 0 Å². The average molecular weight is 153 g/mol. The third-order valence-electron chi connectivity index (χ3n) is 0. The second kappa shape index (κ2) is 4.50. The van der Waals surface area contributed by atoms with E-state index in [1.807, 2.05) is 0 Å². The quantitative estimate of drug-likeness (QED) is 0.518. The summed E-state index contributed by atoms with van der Waals surface area (Å²) in [6, 6.07) is 0. The van der Waals surface area contributed by atoms with Gasteiger partial charge in [0.25, 0.3) is 0 Å². The molecule has 0 aliphatic rings. The Kier molecular flexibility index (Phi) is 8.19. The van der Waals surface area contributed by atoms with Gasteiger partial charge in [0.2, 0.25) is 0 Å². The minimum absolute atomic E-state index is 0. The van der Waals surface area contributed by atoms with E-state index < -0.39 is 6.22 Å². The van der Waals surface area contributed by atoms with Gasteiger partial charge in [0.1, 0.15) is 0 Å². The van der Waals surface area contributed by atoms with Gasteiger partial charge in [0.15, 0.2) is 0 Å². The normalized spacial score (nSPS) is 5.00. The molecule has 1 N–H and O–H groups in total. The van der Waals surface area contributed by atoms with Crippen LogP contribution < -0.4 is 0 Å². The van der Waals surface area contributed by atoms with Crippen molar-refractivity contribution in [1.29, 1.82) is 0 Å².